The Kier molecular flexibility index (Phi) is 11.2. The molecule has 0 heterocycles. The third-order valence-corrected chi connectivity index (χ3v) is 8.22. The zero-order valence-electron chi connectivity index (χ0n) is 23.6. The van der Waals surface area contributed by atoms with Crippen LogP contribution in [0.25, 0.3) is 0 Å². The molecule has 9 heteroatoms. The maximum absolute atomic E-state index is 14.1. The lowest BCUT2D eigenvalue weighted by molar-refractivity contribution is -0.140. The van der Waals surface area contributed by atoms with Gasteiger partial charge in [-0.25, -0.2) is 8.42 Å². The van der Waals surface area contributed by atoms with Crippen molar-refractivity contribution in [3.63, 3.8) is 0 Å². The molecule has 1 atom stereocenters. The van der Waals surface area contributed by atoms with Gasteiger partial charge in [-0.2, -0.15) is 0 Å². The Morgan fingerprint density at radius 2 is 1.60 bits per heavy atom. The van der Waals surface area contributed by atoms with Crippen molar-refractivity contribution in [2.24, 2.45) is 0 Å². The molecule has 0 spiro atoms. The van der Waals surface area contributed by atoms with Gasteiger partial charge in [0.25, 0.3) is 0 Å². The Bertz CT molecular complexity index is 1400. The van der Waals surface area contributed by atoms with Crippen molar-refractivity contribution in [1.82, 2.24) is 10.2 Å². The topological polar surface area (TPSA) is 86.8 Å². The number of carbonyl (C=O) groups excluding carboxylic acids is 2. The molecule has 2 amide bonds. The van der Waals surface area contributed by atoms with Crippen molar-refractivity contribution in [2.75, 3.05) is 23.7 Å². The van der Waals surface area contributed by atoms with Gasteiger partial charge in [0.05, 0.1) is 11.9 Å². The van der Waals surface area contributed by atoms with Crippen molar-refractivity contribution in [3.8, 4) is 0 Å². The third-order valence-electron chi connectivity index (χ3n) is 6.82. The highest BCUT2D eigenvalue weighted by Crippen LogP contribution is 2.23. The van der Waals surface area contributed by atoms with E-state index in [2.05, 4.69) is 5.32 Å². The van der Waals surface area contributed by atoms with E-state index >= 15 is 0 Å². The fourth-order valence-corrected chi connectivity index (χ4v) is 5.31. The molecule has 3 aromatic carbocycles. The minimum absolute atomic E-state index is 0.110. The van der Waals surface area contributed by atoms with Crippen LogP contribution in [0.3, 0.4) is 0 Å². The first-order chi connectivity index (χ1) is 19.0. The molecule has 1 N–H and O–H groups in total. The number of nitrogens with one attached hydrogen (secondary N) is 1. The van der Waals surface area contributed by atoms with Crippen molar-refractivity contribution >= 4 is 39.1 Å². The van der Waals surface area contributed by atoms with Gasteiger partial charge in [0.2, 0.25) is 21.8 Å². The summed E-state index contributed by atoms with van der Waals surface area (Å²) in [4.78, 5) is 29.1. The van der Waals surface area contributed by atoms with Crippen LogP contribution in [0.15, 0.2) is 72.8 Å². The first-order valence-corrected chi connectivity index (χ1v) is 15.6. The summed E-state index contributed by atoms with van der Waals surface area (Å²) in [7, 11) is -3.81. The van der Waals surface area contributed by atoms with Gasteiger partial charge in [-0.3, -0.25) is 13.9 Å². The van der Waals surface area contributed by atoms with E-state index in [-0.39, 0.29) is 18.9 Å². The number of unbranched alkanes of at least 4 members (excludes halogenated alkanes) is 1. The fourth-order valence-electron chi connectivity index (χ4n) is 4.34. The van der Waals surface area contributed by atoms with E-state index < -0.39 is 28.5 Å². The fraction of sp³-hybridized carbons (Fsp3) is 0.355. The summed E-state index contributed by atoms with van der Waals surface area (Å²) < 4.78 is 26.9. The number of halogens is 1. The van der Waals surface area contributed by atoms with E-state index in [1.54, 1.807) is 36.4 Å². The van der Waals surface area contributed by atoms with Gasteiger partial charge in [0, 0.05) is 24.5 Å². The van der Waals surface area contributed by atoms with Crippen LogP contribution >= 0.6 is 11.6 Å². The van der Waals surface area contributed by atoms with E-state index in [1.807, 2.05) is 57.2 Å². The average Bonchev–Trinajstić information content (AvgIpc) is 2.92. The molecule has 0 fully saturated rings. The highest BCUT2D eigenvalue weighted by molar-refractivity contribution is 7.92. The Balaban J connectivity index is 2.03. The highest BCUT2D eigenvalue weighted by atomic mass is 35.5. The predicted molar refractivity (Wildman–Crippen MR) is 162 cm³/mol. The Morgan fingerprint density at radius 3 is 2.20 bits per heavy atom. The van der Waals surface area contributed by atoms with Crippen molar-refractivity contribution in [3.05, 3.63) is 100 Å². The van der Waals surface area contributed by atoms with Gasteiger partial charge in [0.1, 0.15) is 12.6 Å². The molecule has 3 aromatic rings. The molecule has 0 aliphatic heterocycles. The van der Waals surface area contributed by atoms with E-state index in [4.69, 9.17) is 11.6 Å². The lowest BCUT2D eigenvalue weighted by Crippen LogP contribution is -2.53. The lowest BCUT2D eigenvalue weighted by Gasteiger charge is -2.33. The van der Waals surface area contributed by atoms with Crippen LogP contribution in [0.4, 0.5) is 5.69 Å². The Hall–Kier alpha value is -3.36. The first kappa shape index (κ1) is 31.2. The van der Waals surface area contributed by atoms with Gasteiger partial charge in [-0.15, -0.1) is 0 Å². The second-order valence-corrected chi connectivity index (χ2v) is 12.4. The Morgan fingerprint density at radius 1 is 0.925 bits per heavy atom. The normalized spacial score (nSPS) is 12.0. The summed E-state index contributed by atoms with van der Waals surface area (Å²) in [6, 6.07) is 21.0. The van der Waals surface area contributed by atoms with Crippen molar-refractivity contribution < 1.29 is 18.0 Å². The van der Waals surface area contributed by atoms with E-state index in [9.17, 15) is 18.0 Å². The van der Waals surface area contributed by atoms with Crippen LogP contribution in [0.5, 0.6) is 0 Å². The van der Waals surface area contributed by atoms with Gasteiger partial charge in [-0.1, -0.05) is 73.5 Å². The molecule has 0 radical (unpaired) electrons. The highest BCUT2D eigenvalue weighted by Gasteiger charge is 2.33. The molecule has 0 aliphatic carbocycles. The number of sulfonamides is 1. The maximum Gasteiger partial charge on any atom is 0.244 e. The molecule has 0 aliphatic rings. The molecule has 0 bridgehead atoms. The largest absolute Gasteiger partial charge is 0.354 e. The summed E-state index contributed by atoms with van der Waals surface area (Å²) >= 11 is 6.09. The summed E-state index contributed by atoms with van der Waals surface area (Å²) in [5.41, 5.74) is 3.99. The quantitative estimate of drug-likeness (QED) is 0.277. The third kappa shape index (κ3) is 8.83. The molecule has 3 rings (SSSR count). The molecule has 40 heavy (non-hydrogen) atoms. The van der Waals surface area contributed by atoms with Crippen LogP contribution in [0.2, 0.25) is 5.02 Å². The molecule has 0 saturated carbocycles. The number of nitrogens with zero attached hydrogens (tertiary/aromatic N) is 2. The summed E-state index contributed by atoms with van der Waals surface area (Å²) in [5, 5.41) is 3.53. The molecular formula is C31H38ClN3O4S. The molecule has 0 unspecified atom stereocenters. The van der Waals surface area contributed by atoms with Crippen LogP contribution in [-0.2, 0) is 32.6 Å². The Labute approximate surface area is 243 Å². The number of amides is 2. The number of benzene rings is 3. The van der Waals surface area contributed by atoms with Crippen LogP contribution in [0, 0.1) is 13.8 Å². The SMILES string of the molecule is CCCCNC(=O)[C@@H](Cc1ccccc1)N(Cc1ccc(Cl)cc1)C(=O)CN(c1ccc(C)c(C)c1)S(C)(=O)=O. The first-order valence-electron chi connectivity index (χ1n) is 13.4. The van der Waals surface area contributed by atoms with Gasteiger partial charge < -0.3 is 10.2 Å². The van der Waals surface area contributed by atoms with Crippen LogP contribution in [-0.4, -0.2) is 50.5 Å². The van der Waals surface area contributed by atoms with E-state index in [0.29, 0.717) is 17.3 Å². The number of rotatable bonds is 13. The van der Waals surface area contributed by atoms with Crippen LogP contribution < -0.4 is 9.62 Å². The number of aryl methyl sites for hydroxylation is 2. The van der Waals surface area contributed by atoms with Gasteiger partial charge in [-0.05, 0) is 66.8 Å². The second-order valence-electron chi connectivity index (χ2n) is 10.0. The minimum atomic E-state index is -3.81. The minimum Gasteiger partial charge on any atom is -0.354 e. The molecule has 7 nitrogen and oxygen atoms in total. The van der Waals surface area contributed by atoms with Gasteiger partial charge in [0.15, 0.2) is 0 Å². The molecule has 0 aromatic heterocycles. The number of hydrogen-bond donors (Lipinski definition) is 1. The monoisotopic (exact) mass is 583 g/mol. The van der Waals surface area contributed by atoms with E-state index in [1.165, 1.54) is 4.90 Å². The average molecular weight is 584 g/mol. The number of anilines is 1. The number of carbonyl (C=O) groups is 2. The summed E-state index contributed by atoms with van der Waals surface area (Å²) in [5.74, 6) is -0.762. The molecule has 0 saturated heterocycles. The summed E-state index contributed by atoms with van der Waals surface area (Å²) in [6.07, 6.45) is 3.08. The maximum atomic E-state index is 14.1. The van der Waals surface area contributed by atoms with E-state index in [0.717, 1.165) is 45.7 Å². The lowest BCUT2D eigenvalue weighted by atomic mass is 10.0. The standard InChI is InChI=1S/C31H38ClN3O4S/c1-5-6-18-33-31(37)29(20-25-10-8-7-9-11-25)34(21-26-13-15-27(32)16-14-26)30(36)22-35(40(4,38)39)28-17-12-23(2)24(3)19-28/h7-17,19,29H,5-6,18,20-22H2,1-4H3,(H,33,37)/t29-/m1/s1. The molecule has 214 valence electrons. The zero-order chi connectivity index (χ0) is 29.3. The number of hydrogen-bond acceptors (Lipinski definition) is 4. The van der Waals surface area contributed by atoms with Crippen molar-refractivity contribution in [2.45, 2.75) is 52.6 Å². The zero-order valence-corrected chi connectivity index (χ0v) is 25.1. The second kappa shape index (κ2) is 14.3. The summed E-state index contributed by atoms with van der Waals surface area (Å²) in [6.45, 7) is 6.03. The van der Waals surface area contributed by atoms with Crippen molar-refractivity contribution in [1.29, 1.82) is 0 Å². The van der Waals surface area contributed by atoms with Gasteiger partial charge >= 0.3 is 0 Å². The predicted octanol–water partition coefficient (Wildman–Crippen LogP) is 5.28. The molecular weight excluding hydrogens is 546 g/mol. The smallest absolute Gasteiger partial charge is 0.244 e. The van der Waals surface area contributed by atoms with Crippen LogP contribution in [0.1, 0.15) is 42.0 Å².